The molecule has 1 aliphatic rings. The number of rotatable bonds is 2. The summed E-state index contributed by atoms with van der Waals surface area (Å²) in [4.78, 5) is 14.6. The molecular formula is C16H23NO2. The number of amides is 1. The summed E-state index contributed by atoms with van der Waals surface area (Å²) >= 11 is 0. The van der Waals surface area contributed by atoms with E-state index in [0.717, 1.165) is 42.0 Å². The number of ether oxygens (including phenoxy) is 1. The summed E-state index contributed by atoms with van der Waals surface area (Å²) in [6.45, 7) is 7.93. The second kappa shape index (κ2) is 5.64. The van der Waals surface area contributed by atoms with Crippen LogP contribution < -0.4 is 4.74 Å². The van der Waals surface area contributed by atoms with Crippen LogP contribution in [0, 0.1) is 19.8 Å². The van der Waals surface area contributed by atoms with E-state index in [1.165, 1.54) is 6.42 Å². The zero-order valence-corrected chi connectivity index (χ0v) is 12.3. The maximum atomic E-state index is 12.6. The summed E-state index contributed by atoms with van der Waals surface area (Å²) in [5, 5.41) is 0. The summed E-state index contributed by atoms with van der Waals surface area (Å²) in [5.74, 6) is 1.62. The fourth-order valence-corrected chi connectivity index (χ4v) is 2.78. The summed E-state index contributed by atoms with van der Waals surface area (Å²) < 4.78 is 5.30. The molecule has 1 heterocycles. The Labute approximate surface area is 115 Å². The van der Waals surface area contributed by atoms with Crippen molar-refractivity contribution in [2.24, 2.45) is 5.92 Å². The molecule has 1 atom stereocenters. The second-order valence-corrected chi connectivity index (χ2v) is 5.64. The van der Waals surface area contributed by atoms with Gasteiger partial charge in [-0.05, 0) is 55.9 Å². The first-order valence-corrected chi connectivity index (χ1v) is 6.97. The van der Waals surface area contributed by atoms with Gasteiger partial charge in [0.2, 0.25) is 0 Å². The lowest BCUT2D eigenvalue weighted by Gasteiger charge is -2.31. The number of methoxy groups -OCH3 is 1. The van der Waals surface area contributed by atoms with Crippen molar-refractivity contribution in [1.29, 1.82) is 0 Å². The molecule has 1 unspecified atom stereocenters. The Morgan fingerprint density at radius 3 is 2.68 bits per heavy atom. The van der Waals surface area contributed by atoms with Gasteiger partial charge in [-0.15, -0.1) is 0 Å². The van der Waals surface area contributed by atoms with Crippen molar-refractivity contribution in [2.75, 3.05) is 20.2 Å². The van der Waals surface area contributed by atoms with Crippen molar-refractivity contribution in [2.45, 2.75) is 33.6 Å². The highest BCUT2D eigenvalue weighted by molar-refractivity contribution is 5.96. The predicted octanol–water partition coefficient (Wildman–Crippen LogP) is 3.18. The molecule has 19 heavy (non-hydrogen) atoms. The average Bonchev–Trinajstić information content (AvgIpc) is 2.40. The van der Waals surface area contributed by atoms with E-state index >= 15 is 0 Å². The molecule has 1 saturated heterocycles. The molecule has 1 aliphatic heterocycles. The van der Waals surface area contributed by atoms with Crippen LogP contribution in [0.2, 0.25) is 0 Å². The molecule has 1 amide bonds. The molecule has 0 radical (unpaired) electrons. The van der Waals surface area contributed by atoms with E-state index in [1.54, 1.807) is 7.11 Å². The second-order valence-electron chi connectivity index (χ2n) is 5.64. The number of carbonyl (C=O) groups excluding carboxylic acids is 1. The van der Waals surface area contributed by atoms with Gasteiger partial charge in [0.15, 0.2) is 0 Å². The fourth-order valence-electron chi connectivity index (χ4n) is 2.78. The zero-order chi connectivity index (χ0) is 14.0. The SMILES string of the molecule is COc1cc(C)c(C(=O)N2CCCC(C)C2)cc1C. The lowest BCUT2D eigenvalue weighted by molar-refractivity contribution is 0.0682. The van der Waals surface area contributed by atoms with Crippen LogP contribution >= 0.6 is 0 Å². The van der Waals surface area contributed by atoms with E-state index in [0.29, 0.717) is 5.92 Å². The Bertz CT molecular complexity index is 482. The quantitative estimate of drug-likeness (QED) is 0.818. The maximum absolute atomic E-state index is 12.6. The number of piperidine rings is 1. The van der Waals surface area contributed by atoms with Crippen molar-refractivity contribution >= 4 is 5.91 Å². The van der Waals surface area contributed by atoms with Gasteiger partial charge in [-0.3, -0.25) is 4.79 Å². The molecule has 1 aromatic carbocycles. The Balaban J connectivity index is 2.26. The largest absolute Gasteiger partial charge is 0.496 e. The third-order valence-corrected chi connectivity index (χ3v) is 3.92. The molecule has 0 N–H and O–H groups in total. The van der Waals surface area contributed by atoms with Gasteiger partial charge in [0.05, 0.1) is 7.11 Å². The average molecular weight is 261 g/mol. The predicted molar refractivity (Wildman–Crippen MR) is 76.8 cm³/mol. The van der Waals surface area contributed by atoms with E-state index in [1.807, 2.05) is 30.9 Å². The molecule has 3 nitrogen and oxygen atoms in total. The van der Waals surface area contributed by atoms with Gasteiger partial charge in [-0.2, -0.15) is 0 Å². The van der Waals surface area contributed by atoms with Crippen LogP contribution in [-0.2, 0) is 0 Å². The van der Waals surface area contributed by atoms with Crippen molar-refractivity contribution < 1.29 is 9.53 Å². The number of hydrogen-bond donors (Lipinski definition) is 0. The van der Waals surface area contributed by atoms with E-state index in [9.17, 15) is 4.79 Å². The van der Waals surface area contributed by atoms with Crippen LogP contribution in [0.1, 0.15) is 41.3 Å². The summed E-state index contributed by atoms with van der Waals surface area (Å²) in [5.41, 5.74) is 2.82. The minimum absolute atomic E-state index is 0.162. The molecule has 0 aromatic heterocycles. The Morgan fingerprint density at radius 1 is 1.32 bits per heavy atom. The Kier molecular flexibility index (Phi) is 4.13. The smallest absolute Gasteiger partial charge is 0.254 e. The number of nitrogens with zero attached hydrogens (tertiary/aromatic N) is 1. The number of benzene rings is 1. The lowest BCUT2D eigenvalue weighted by Crippen LogP contribution is -2.39. The highest BCUT2D eigenvalue weighted by Gasteiger charge is 2.23. The maximum Gasteiger partial charge on any atom is 0.254 e. The molecule has 1 fully saturated rings. The normalized spacial score (nSPS) is 19.4. The van der Waals surface area contributed by atoms with Crippen molar-refractivity contribution in [1.82, 2.24) is 4.90 Å². The number of hydrogen-bond acceptors (Lipinski definition) is 2. The minimum atomic E-state index is 0.162. The van der Waals surface area contributed by atoms with E-state index in [2.05, 4.69) is 6.92 Å². The molecule has 104 valence electrons. The van der Waals surface area contributed by atoms with Gasteiger partial charge in [0.1, 0.15) is 5.75 Å². The molecule has 0 bridgehead atoms. The first-order valence-electron chi connectivity index (χ1n) is 6.97. The first-order chi connectivity index (χ1) is 9.02. The van der Waals surface area contributed by atoms with Crippen LogP contribution in [-0.4, -0.2) is 31.0 Å². The third-order valence-electron chi connectivity index (χ3n) is 3.92. The number of likely N-dealkylation sites (tertiary alicyclic amines) is 1. The van der Waals surface area contributed by atoms with Crippen molar-refractivity contribution in [3.05, 3.63) is 28.8 Å². The Hall–Kier alpha value is -1.51. The minimum Gasteiger partial charge on any atom is -0.496 e. The van der Waals surface area contributed by atoms with Crippen molar-refractivity contribution in [3.8, 4) is 5.75 Å². The molecule has 2 rings (SSSR count). The first kappa shape index (κ1) is 13.9. The highest BCUT2D eigenvalue weighted by Crippen LogP contribution is 2.25. The van der Waals surface area contributed by atoms with Gasteiger partial charge in [-0.25, -0.2) is 0 Å². The molecule has 0 saturated carbocycles. The molecular weight excluding hydrogens is 238 g/mol. The standard InChI is InChI=1S/C16H23NO2/c1-11-6-5-7-17(10-11)16(18)14-8-13(3)15(19-4)9-12(14)2/h8-9,11H,5-7,10H2,1-4H3. The van der Waals surface area contributed by atoms with Crippen LogP contribution in [0.15, 0.2) is 12.1 Å². The summed E-state index contributed by atoms with van der Waals surface area (Å²) in [6, 6.07) is 3.91. The lowest BCUT2D eigenvalue weighted by atomic mass is 9.98. The van der Waals surface area contributed by atoms with Crippen LogP contribution in [0.25, 0.3) is 0 Å². The van der Waals surface area contributed by atoms with E-state index < -0.39 is 0 Å². The van der Waals surface area contributed by atoms with Crippen LogP contribution in [0.4, 0.5) is 0 Å². The van der Waals surface area contributed by atoms with Gasteiger partial charge in [-0.1, -0.05) is 6.92 Å². The van der Waals surface area contributed by atoms with E-state index in [4.69, 9.17) is 4.74 Å². The van der Waals surface area contributed by atoms with Gasteiger partial charge < -0.3 is 9.64 Å². The third kappa shape index (κ3) is 2.91. The summed E-state index contributed by atoms with van der Waals surface area (Å²) in [6.07, 6.45) is 2.34. The van der Waals surface area contributed by atoms with E-state index in [-0.39, 0.29) is 5.91 Å². The van der Waals surface area contributed by atoms with Crippen LogP contribution in [0.3, 0.4) is 0 Å². The zero-order valence-electron chi connectivity index (χ0n) is 12.3. The molecule has 0 aliphatic carbocycles. The fraction of sp³-hybridized carbons (Fsp3) is 0.562. The van der Waals surface area contributed by atoms with Gasteiger partial charge in [0.25, 0.3) is 5.91 Å². The molecule has 1 aromatic rings. The van der Waals surface area contributed by atoms with Gasteiger partial charge >= 0.3 is 0 Å². The topological polar surface area (TPSA) is 29.5 Å². The van der Waals surface area contributed by atoms with Gasteiger partial charge in [0, 0.05) is 18.7 Å². The molecule has 3 heteroatoms. The summed E-state index contributed by atoms with van der Waals surface area (Å²) in [7, 11) is 1.66. The molecule has 0 spiro atoms. The highest BCUT2D eigenvalue weighted by atomic mass is 16.5. The van der Waals surface area contributed by atoms with Crippen molar-refractivity contribution in [3.63, 3.8) is 0 Å². The van der Waals surface area contributed by atoms with Crippen LogP contribution in [0.5, 0.6) is 5.75 Å². The number of aryl methyl sites for hydroxylation is 2. The number of carbonyl (C=O) groups is 1. The monoisotopic (exact) mass is 261 g/mol. The Morgan fingerprint density at radius 2 is 2.05 bits per heavy atom.